The van der Waals surface area contributed by atoms with Crippen LogP contribution in [0.3, 0.4) is 0 Å². The van der Waals surface area contributed by atoms with E-state index in [0.29, 0.717) is 5.95 Å². The molecule has 5 heteroatoms. The molecular weight excluding hydrogens is 178 g/mol. The molecule has 2 N–H and O–H groups in total. The molecule has 0 aliphatic rings. The molecule has 1 aromatic heterocycles. The van der Waals surface area contributed by atoms with Gasteiger partial charge in [0.15, 0.2) is 0 Å². The van der Waals surface area contributed by atoms with Gasteiger partial charge in [0.25, 0.3) is 5.95 Å². The number of anilines is 1. The number of aromatic nitrogens is 4. The van der Waals surface area contributed by atoms with Crippen molar-refractivity contribution < 1.29 is 0 Å². The number of hydrogen-bond donors (Lipinski definition) is 2. The molecule has 0 aliphatic heterocycles. The zero-order valence-electron chi connectivity index (χ0n) is 9.55. The SMILES string of the molecule is CC(C)(C)C(C)(C)CNc1nn[nH]n1. The van der Waals surface area contributed by atoms with Gasteiger partial charge in [-0.1, -0.05) is 39.7 Å². The Labute approximate surface area is 84.7 Å². The first-order valence-corrected chi connectivity index (χ1v) is 4.80. The minimum Gasteiger partial charge on any atom is -0.351 e. The van der Waals surface area contributed by atoms with Gasteiger partial charge in [-0.3, -0.25) is 0 Å². The van der Waals surface area contributed by atoms with E-state index in [4.69, 9.17) is 0 Å². The standard InChI is InChI=1S/C9H19N5/c1-8(2,3)9(4,5)6-10-7-11-13-14-12-7/h6H2,1-5H3,(H2,10,11,12,13,14). The predicted molar refractivity (Wildman–Crippen MR) is 55.9 cm³/mol. The van der Waals surface area contributed by atoms with Gasteiger partial charge in [0, 0.05) is 6.54 Å². The highest BCUT2D eigenvalue weighted by Crippen LogP contribution is 2.37. The molecule has 14 heavy (non-hydrogen) atoms. The smallest absolute Gasteiger partial charge is 0.263 e. The van der Waals surface area contributed by atoms with Gasteiger partial charge in [-0.05, 0) is 16.0 Å². The highest BCUT2D eigenvalue weighted by molar-refractivity contribution is 5.19. The Hall–Kier alpha value is -1.13. The zero-order valence-corrected chi connectivity index (χ0v) is 9.55. The normalized spacial score (nSPS) is 12.9. The number of nitrogens with zero attached hydrogens (tertiary/aromatic N) is 3. The van der Waals surface area contributed by atoms with E-state index < -0.39 is 0 Å². The number of hydrogen-bond acceptors (Lipinski definition) is 4. The van der Waals surface area contributed by atoms with Crippen molar-refractivity contribution in [3.63, 3.8) is 0 Å². The summed E-state index contributed by atoms with van der Waals surface area (Å²) in [5.41, 5.74) is 0.414. The fourth-order valence-corrected chi connectivity index (χ4v) is 0.802. The average Bonchev–Trinajstić information content (AvgIpc) is 2.50. The van der Waals surface area contributed by atoms with Crippen molar-refractivity contribution in [2.75, 3.05) is 11.9 Å². The van der Waals surface area contributed by atoms with Gasteiger partial charge in [0.2, 0.25) is 0 Å². The minimum absolute atomic E-state index is 0.174. The quantitative estimate of drug-likeness (QED) is 0.773. The summed E-state index contributed by atoms with van der Waals surface area (Å²) in [5.74, 6) is 0.558. The van der Waals surface area contributed by atoms with E-state index in [1.54, 1.807) is 0 Å². The molecule has 0 spiro atoms. The molecule has 0 amide bonds. The van der Waals surface area contributed by atoms with Crippen molar-refractivity contribution in [1.82, 2.24) is 20.6 Å². The van der Waals surface area contributed by atoms with Crippen molar-refractivity contribution in [3.8, 4) is 0 Å². The second-order valence-electron chi connectivity index (χ2n) is 5.22. The van der Waals surface area contributed by atoms with Crippen molar-refractivity contribution in [1.29, 1.82) is 0 Å². The molecule has 0 aliphatic carbocycles. The number of aromatic amines is 1. The van der Waals surface area contributed by atoms with E-state index in [2.05, 4.69) is 60.6 Å². The molecule has 0 atom stereocenters. The maximum absolute atomic E-state index is 3.84. The van der Waals surface area contributed by atoms with E-state index in [9.17, 15) is 0 Å². The molecule has 0 aromatic carbocycles. The van der Waals surface area contributed by atoms with Gasteiger partial charge in [-0.2, -0.15) is 5.21 Å². The van der Waals surface area contributed by atoms with Crippen LogP contribution in [0.4, 0.5) is 5.95 Å². The van der Waals surface area contributed by atoms with Crippen LogP contribution in [0, 0.1) is 10.8 Å². The molecule has 0 unspecified atom stereocenters. The topological polar surface area (TPSA) is 66.5 Å². The van der Waals surface area contributed by atoms with Gasteiger partial charge in [0.05, 0.1) is 0 Å². The largest absolute Gasteiger partial charge is 0.351 e. The number of nitrogens with one attached hydrogen (secondary N) is 2. The monoisotopic (exact) mass is 197 g/mol. The Morgan fingerprint density at radius 1 is 1.21 bits per heavy atom. The highest BCUT2D eigenvalue weighted by Gasteiger charge is 2.32. The average molecular weight is 197 g/mol. The second kappa shape index (κ2) is 3.55. The van der Waals surface area contributed by atoms with Gasteiger partial charge >= 0.3 is 0 Å². The molecule has 5 nitrogen and oxygen atoms in total. The Morgan fingerprint density at radius 2 is 1.86 bits per heavy atom. The zero-order chi connectivity index (χ0) is 10.8. The third-order valence-corrected chi connectivity index (χ3v) is 3.06. The Morgan fingerprint density at radius 3 is 2.29 bits per heavy atom. The van der Waals surface area contributed by atoms with Crippen LogP contribution in [-0.2, 0) is 0 Å². The summed E-state index contributed by atoms with van der Waals surface area (Å²) in [6.45, 7) is 12.0. The van der Waals surface area contributed by atoms with Gasteiger partial charge in [0.1, 0.15) is 0 Å². The van der Waals surface area contributed by atoms with E-state index in [1.165, 1.54) is 0 Å². The first-order valence-electron chi connectivity index (χ1n) is 4.80. The summed E-state index contributed by atoms with van der Waals surface area (Å²) in [6.07, 6.45) is 0. The van der Waals surface area contributed by atoms with Crippen LogP contribution < -0.4 is 5.32 Å². The molecule has 80 valence electrons. The Bertz CT molecular complexity index is 270. The van der Waals surface area contributed by atoms with Crippen molar-refractivity contribution in [2.24, 2.45) is 10.8 Å². The Kier molecular flexibility index (Phi) is 2.78. The molecule has 0 saturated carbocycles. The molecule has 1 aromatic rings. The molecule has 0 radical (unpaired) electrons. The maximum atomic E-state index is 3.84. The van der Waals surface area contributed by atoms with Crippen LogP contribution in [-0.4, -0.2) is 27.2 Å². The molecule has 0 fully saturated rings. The summed E-state index contributed by atoms with van der Waals surface area (Å²) < 4.78 is 0. The lowest BCUT2D eigenvalue weighted by Gasteiger charge is -2.38. The van der Waals surface area contributed by atoms with E-state index in [-0.39, 0.29) is 10.8 Å². The summed E-state index contributed by atoms with van der Waals surface area (Å²) in [4.78, 5) is 0. The van der Waals surface area contributed by atoms with Crippen LogP contribution in [0.15, 0.2) is 0 Å². The molecular formula is C9H19N5. The van der Waals surface area contributed by atoms with E-state index >= 15 is 0 Å². The minimum atomic E-state index is 0.174. The van der Waals surface area contributed by atoms with Crippen LogP contribution in [0.5, 0.6) is 0 Å². The van der Waals surface area contributed by atoms with E-state index in [1.807, 2.05) is 0 Å². The maximum Gasteiger partial charge on any atom is 0.263 e. The lowest BCUT2D eigenvalue weighted by molar-refractivity contribution is 0.148. The van der Waals surface area contributed by atoms with Crippen LogP contribution in [0.1, 0.15) is 34.6 Å². The van der Waals surface area contributed by atoms with Crippen molar-refractivity contribution in [2.45, 2.75) is 34.6 Å². The fraction of sp³-hybridized carbons (Fsp3) is 0.889. The second-order valence-corrected chi connectivity index (χ2v) is 5.22. The lowest BCUT2D eigenvalue weighted by Crippen LogP contribution is -2.36. The first kappa shape index (κ1) is 10.9. The summed E-state index contributed by atoms with van der Waals surface area (Å²) in [6, 6.07) is 0. The molecule has 1 heterocycles. The number of H-pyrrole nitrogens is 1. The number of rotatable bonds is 3. The van der Waals surface area contributed by atoms with Crippen LogP contribution in [0.25, 0.3) is 0 Å². The molecule has 0 saturated heterocycles. The molecule has 1 rings (SSSR count). The fourth-order valence-electron chi connectivity index (χ4n) is 0.802. The first-order chi connectivity index (χ1) is 6.33. The number of tetrazole rings is 1. The third kappa shape index (κ3) is 2.43. The van der Waals surface area contributed by atoms with Gasteiger partial charge in [-0.25, -0.2) is 0 Å². The van der Waals surface area contributed by atoms with Crippen molar-refractivity contribution >= 4 is 5.95 Å². The molecule has 0 bridgehead atoms. The van der Waals surface area contributed by atoms with Gasteiger partial charge in [-0.15, -0.1) is 5.10 Å². The summed E-state index contributed by atoms with van der Waals surface area (Å²) in [7, 11) is 0. The van der Waals surface area contributed by atoms with Crippen LogP contribution in [0.2, 0.25) is 0 Å². The Balaban J connectivity index is 2.53. The van der Waals surface area contributed by atoms with Gasteiger partial charge < -0.3 is 5.32 Å². The summed E-state index contributed by atoms with van der Waals surface area (Å²) in [5, 5.41) is 16.7. The van der Waals surface area contributed by atoms with E-state index in [0.717, 1.165) is 6.54 Å². The van der Waals surface area contributed by atoms with Crippen molar-refractivity contribution in [3.05, 3.63) is 0 Å². The summed E-state index contributed by atoms with van der Waals surface area (Å²) >= 11 is 0. The lowest BCUT2D eigenvalue weighted by atomic mass is 9.69. The third-order valence-electron chi connectivity index (χ3n) is 3.06. The predicted octanol–water partition coefficient (Wildman–Crippen LogP) is 1.68. The highest BCUT2D eigenvalue weighted by atomic mass is 15.5. The van der Waals surface area contributed by atoms with Crippen LogP contribution >= 0.6 is 0 Å².